The van der Waals surface area contributed by atoms with Crippen LogP contribution in [0.3, 0.4) is 0 Å². The average molecular weight is 267 g/mol. The zero-order chi connectivity index (χ0) is 13.5. The molecule has 1 saturated carbocycles. The van der Waals surface area contributed by atoms with Crippen LogP contribution in [-0.2, 0) is 14.3 Å². The van der Waals surface area contributed by atoms with Crippen molar-refractivity contribution in [3.8, 4) is 0 Å². The van der Waals surface area contributed by atoms with E-state index in [-0.39, 0.29) is 5.91 Å². The lowest BCUT2D eigenvalue weighted by molar-refractivity contribution is -0.167. The highest BCUT2D eigenvalue weighted by molar-refractivity contribution is 6.18. The largest absolute Gasteiger partial charge is 0.379 e. The molecule has 0 radical (unpaired) electrons. The van der Waals surface area contributed by atoms with Gasteiger partial charge in [0.1, 0.15) is 5.41 Å². The van der Waals surface area contributed by atoms with Crippen molar-refractivity contribution < 1.29 is 19.1 Å². The number of amides is 4. The zero-order valence-corrected chi connectivity index (χ0v) is 10.7. The number of imide groups is 2. The second kappa shape index (κ2) is 4.57. The molecule has 2 aliphatic heterocycles. The van der Waals surface area contributed by atoms with Gasteiger partial charge in [-0.1, -0.05) is 12.8 Å². The van der Waals surface area contributed by atoms with Gasteiger partial charge in [0.05, 0.1) is 13.2 Å². The van der Waals surface area contributed by atoms with E-state index in [0.717, 1.165) is 17.9 Å². The number of hydrogen-bond donors (Lipinski definition) is 1. The molecular weight excluding hydrogens is 250 g/mol. The standard InChI is InChI=1S/C12H17N3O4/c16-9-12(3-1-2-4-12)10(17)15(11(18)13-9)14-5-7-19-8-6-14/h1-8H2,(H,13,16,18). The predicted octanol–water partition coefficient (Wildman–Crippen LogP) is -0.128. The molecule has 0 unspecified atom stereocenters. The van der Waals surface area contributed by atoms with E-state index in [0.29, 0.717) is 39.1 Å². The molecule has 3 fully saturated rings. The fourth-order valence-electron chi connectivity index (χ4n) is 3.09. The maximum Gasteiger partial charge on any atom is 0.345 e. The zero-order valence-electron chi connectivity index (χ0n) is 10.7. The number of hydrogen-bond acceptors (Lipinski definition) is 5. The monoisotopic (exact) mass is 267 g/mol. The van der Waals surface area contributed by atoms with Crippen molar-refractivity contribution in [3.05, 3.63) is 0 Å². The molecule has 19 heavy (non-hydrogen) atoms. The molecule has 1 N–H and O–H groups in total. The molecule has 2 heterocycles. The van der Waals surface area contributed by atoms with Crippen LogP contribution in [0.15, 0.2) is 0 Å². The van der Waals surface area contributed by atoms with E-state index >= 15 is 0 Å². The van der Waals surface area contributed by atoms with Gasteiger partial charge >= 0.3 is 6.03 Å². The number of nitrogens with one attached hydrogen (secondary N) is 1. The van der Waals surface area contributed by atoms with Crippen LogP contribution in [0.25, 0.3) is 0 Å². The first-order valence-electron chi connectivity index (χ1n) is 6.68. The van der Waals surface area contributed by atoms with Crippen LogP contribution in [0.5, 0.6) is 0 Å². The summed E-state index contributed by atoms with van der Waals surface area (Å²) in [6, 6.07) is -0.630. The first-order valence-corrected chi connectivity index (χ1v) is 6.68. The smallest absolute Gasteiger partial charge is 0.345 e. The number of ether oxygens (including phenoxy) is 1. The van der Waals surface area contributed by atoms with Crippen LogP contribution in [0, 0.1) is 5.41 Å². The molecule has 4 amide bonds. The Kier molecular flexibility index (Phi) is 3.02. The number of urea groups is 1. The quantitative estimate of drug-likeness (QED) is 0.670. The molecule has 7 heteroatoms. The fourth-order valence-corrected chi connectivity index (χ4v) is 3.09. The topological polar surface area (TPSA) is 79.0 Å². The van der Waals surface area contributed by atoms with Gasteiger partial charge < -0.3 is 4.74 Å². The highest BCUT2D eigenvalue weighted by atomic mass is 16.5. The summed E-state index contributed by atoms with van der Waals surface area (Å²) in [5.41, 5.74) is -1.02. The molecule has 3 rings (SSSR count). The number of nitrogens with zero attached hydrogens (tertiary/aromatic N) is 2. The summed E-state index contributed by atoms with van der Waals surface area (Å²) in [5, 5.41) is 5.13. The lowest BCUT2D eigenvalue weighted by Crippen LogP contribution is -2.68. The van der Waals surface area contributed by atoms with Gasteiger partial charge in [0.2, 0.25) is 5.91 Å². The third kappa shape index (κ3) is 1.84. The van der Waals surface area contributed by atoms with Crippen molar-refractivity contribution in [1.29, 1.82) is 0 Å². The Bertz CT molecular complexity index is 425. The summed E-state index contributed by atoms with van der Waals surface area (Å²) in [7, 11) is 0. The number of barbiturate groups is 1. The molecule has 0 bridgehead atoms. The van der Waals surface area contributed by atoms with E-state index in [2.05, 4.69) is 5.32 Å². The molecule has 0 aromatic rings. The minimum Gasteiger partial charge on any atom is -0.379 e. The summed E-state index contributed by atoms with van der Waals surface area (Å²) in [5.74, 6) is -0.787. The molecule has 1 spiro atoms. The van der Waals surface area contributed by atoms with Crippen molar-refractivity contribution in [2.24, 2.45) is 5.41 Å². The maximum absolute atomic E-state index is 12.6. The van der Waals surface area contributed by atoms with E-state index < -0.39 is 17.4 Å². The number of carbonyl (C=O) groups excluding carboxylic acids is 3. The van der Waals surface area contributed by atoms with Gasteiger partial charge in [-0.15, -0.1) is 0 Å². The fraction of sp³-hybridized carbons (Fsp3) is 0.750. The van der Waals surface area contributed by atoms with Crippen LogP contribution in [-0.4, -0.2) is 54.2 Å². The van der Waals surface area contributed by atoms with E-state index in [1.807, 2.05) is 0 Å². The van der Waals surface area contributed by atoms with E-state index in [1.165, 1.54) is 0 Å². The summed E-state index contributed by atoms with van der Waals surface area (Å²) < 4.78 is 5.22. The summed E-state index contributed by atoms with van der Waals surface area (Å²) >= 11 is 0. The molecule has 0 aromatic carbocycles. The first kappa shape index (κ1) is 12.6. The molecule has 2 saturated heterocycles. The normalized spacial score (nSPS) is 28.0. The average Bonchev–Trinajstić information content (AvgIpc) is 2.89. The number of rotatable bonds is 1. The highest BCUT2D eigenvalue weighted by Gasteiger charge is 2.56. The second-order valence-electron chi connectivity index (χ2n) is 5.23. The number of carbonyl (C=O) groups is 3. The number of morpholine rings is 1. The van der Waals surface area contributed by atoms with Crippen molar-refractivity contribution in [2.75, 3.05) is 26.3 Å². The Labute approximate surface area is 110 Å². The van der Waals surface area contributed by atoms with Crippen molar-refractivity contribution >= 4 is 17.8 Å². The van der Waals surface area contributed by atoms with Gasteiger partial charge in [0.25, 0.3) is 5.91 Å². The molecular formula is C12H17N3O4. The van der Waals surface area contributed by atoms with Crippen LogP contribution in [0.1, 0.15) is 25.7 Å². The van der Waals surface area contributed by atoms with Crippen LogP contribution < -0.4 is 5.32 Å². The molecule has 7 nitrogen and oxygen atoms in total. The SMILES string of the molecule is O=C1NC(=O)C2(CCCC2)C(=O)N1N1CCOCC1. The van der Waals surface area contributed by atoms with Gasteiger partial charge in [-0.3, -0.25) is 14.9 Å². The second-order valence-corrected chi connectivity index (χ2v) is 5.23. The maximum atomic E-state index is 12.6. The van der Waals surface area contributed by atoms with E-state index in [9.17, 15) is 14.4 Å². The summed E-state index contributed by atoms with van der Waals surface area (Å²) in [6.07, 6.45) is 2.77. The minimum absolute atomic E-state index is 0.361. The Morgan fingerprint density at radius 1 is 1.05 bits per heavy atom. The van der Waals surface area contributed by atoms with Gasteiger partial charge in [-0.2, -0.15) is 5.01 Å². The van der Waals surface area contributed by atoms with Crippen LogP contribution in [0.4, 0.5) is 4.79 Å². The van der Waals surface area contributed by atoms with Gasteiger partial charge in [0.15, 0.2) is 0 Å². The first-order chi connectivity index (χ1) is 9.15. The lowest BCUT2D eigenvalue weighted by atomic mass is 9.82. The van der Waals surface area contributed by atoms with Crippen molar-refractivity contribution in [2.45, 2.75) is 25.7 Å². The third-order valence-electron chi connectivity index (χ3n) is 4.18. The molecule has 0 aromatic heterocycles. The van der Waals surface area contributed by atoms with E-state index in [4.69, 9.17) is 4.74 Å². The Balaban J connectivity index is 1.88. The Morgan fingerprint density at radius 2 is 1.68 bits per heavy atom. The predicted molar refractivity (Wildman–Crippen MR) is 63.7 cm³/mol. The molecule has 1 aliphatic carbocycles. The summed E-state index contributed by atoms with van der Waals surface area (Å²) in [6.45, 7) is 1.95. The van der Waals surface area contributed by atoms with Crippen molar-refractivity contribution in [3.63, 3.8) is 0 Å². The Morgan fingerprint density at radius 3 is 2.32 bits per heavy atom. The van der Waals surface area contributed by atoms with E-state index in [1.54, 1.807) is 5.01 Å². The van der Waals surface area contributed by atoms with Crippen LogP contribution in [0.2, 0.25) is 0 Å². The summed E-state index contributed by atoms with van der Waals surface area (Å²) in [4.78, 5) is 36.6. The molecule has 0 atom stereocenters. The molecule has 104 valence electrons. The lowest BCUT2D eigenvalue weighted by Gasteiger charge is -2.42. The Hall–Kier alpha value is -1.47. The minimum atomic E-state index is -1.02. The van der Waals surface area contributed by atoms with Gasteiger partial charge in [-0.05, 0) is 12.8 Å². The van der Waals surface area contributed by atoms with Gasteiger partial charge in [-0.25, -0.2) is 9.80 Å². The highest BCUT2D eigenvalue weighted by Crippen LogP contribution is 2.42. The van der Waals surface area contributed by atoms with Gasteiger partial charge in [0, 0.05) is 13.1 Å². The molecule has 3 aliphatic rings. The van der Waals surface area contributed by atoms with Crippen LogP contribution >= 0.6 is 0 Å². The third-order valence-corrected chi connectivity index (χ3v) is 4.18. The number of hydrazine groups is 1. The van der Waals surface area contributed by atoms with Crippen molar-refractivity contribution in [1.82, 2.24) is 15.3 Å².